The van der Waals surface area contributed by atoms with E-state index in [1.807, 2.05) is 64.6 Å². The molecule has 23 heavy (non-hydrogen) atoms. The van der Waals surface area contributed by atoms with Crippen LogP contribution in [0.2, 0.25) is 0 Å². The SMILES string of the molecule is COc1ccccc1Nc1nc(-c2cnc3ccccn23)cs1. The molecule has 3 heterocycles. The molecular weight excluding hydrogens is 308 g/mol. The second-order valence-electron chi connectivity index (χ2n) is 4.94. The van der Waals surface area contributed by atoms with Gasteiger partial charge in [0.25, 0.3) is 0 Å². The van der Waals surface area contributed by atoms with Crippen LogP contribution in [0.3, 0.4) is 0 Å². The van der Waals surface area contributed by atoms with E-state index < -0.39 is 0 Å². The summed E-state index contributed by atoms with van der Waals surface area (Å²) < 4.78 is 7.38. The average molecular weight is 322 g/mol. The summed E-state index contributed by atoms with van der Waals surface area (Å²) in [7, 11) is 1.66. The van der Waals surface area contributed by atoms with Crippen molar-refractivity contribution in [2.75, 3.05) is 12.4 Å². The molecule has 3 aromatic heterocycles. The van der Waals surface area contributed by atoms with Gasteiger partial charge in [-0.3, -0.25) is 4.40 Å². The van der Waals surface area contributed by atoms with Crippen molar-refractivity contribution >= 4 is 27.8 Å². The minimum absolute atomic E-state index is 0.791. The van der Waals surface area contributed by atoms with Crippen LogP contribution in [0.1, 0.15) is 0 Å². The fourth-order valence-electron chi connectivity index (χ4n) is 2.43. The number of thiazole rings is 1. The molecule has 6 heteroatoms. The monoisotopic (exact) mass is 322 g/mol. The molecule has 0 spiro atoms. The van der Waals surface area contributed by atoms with Gasteiger partial charge >= 0.3 is 0 Å². The lowest BCUT2D eigenvalue weighted by molar-refractivity contribution is 0.417. The molecule has 0 aliphatic rings. The number of nitrogens with one attached hydrogen (secondary N) is 1. The number of fused-ring (bicyclic) bond motifs is 1. The summed E-state index contributed by atoms with van der Waals surface area (Å²) in [6, 6.07) is 13.7. The molecule has 0 fully saturated rings. The summed E-state index contributed by atoms with van der Waals surface area (Å²) in [5.74, 6) is 0.791. The highest BCUT2D eigenvalue weighted by molar-refractivity contribution is 7.14. The zero-order valence-electron chi connectivity index (χ0n) is 12.4. The summed E-state index contributed by atoms with van der Waals surface area (Å²) in [5, 5.41) is 6.14. The van der Waals surface area contributed by atoms with E-state index in [1.54, 1.807) is 18.4 Å². The molecule has 1 aromatic carbocycles. The molecule has 1 N–H and O–H groups in total. The maximum atomic E-state index is 5.35. The summed E-state index contributed by atoms with van der Waals surface area (Å²) in [6.07, 6.45) is 3.83. The van der Waals surface area contributed by atoms with Crippen molar-refractivity contribution in [2.24, 2.45) is 0 Å². The van der Waals surface area contributed by atoms with Crippen LogP contribution in [-0.2, 0) is 0 Å². The first kappa shape index (κ1) is 13.8. The summed E-state index contributed by atoms with van der Waals surface area (Å²) in [5.41, 5.74) is 3.68. The topological polar surface area (TPSA) is 51.5 Å². The Labute approximate surface area is 137 Å². The lowest BCUT2D eigenvalue weighted by Gasteiger charge is -2.07. The molecule has 4 rings (SSSR count). The number of benzene rings is 1. The highest BCUT2D eigenvalue weighted by Crippen LogP contribution is 2.31. The molecule has 0 saturated carbocycles. The predicted molar refractivity (Wildman–Crippen MR) is 92.6 cm³/mol. The van der Waals surface area contributed by atoms with Gasteiger partial charge in [0.05, 0.1) is 24.7 Å². The quantitative estimate of drug-likeness (QED) is 0.611. The van der Waals surface area contributed by atoms with Gasteiger partial charge < -0.3 is 10.1 Å². The van der Waals surface area contributed by atoms with Gasteiger partial charge in [-0.25, -0.2) is 9.97 Å². The number of nitrogens with zero attached hydrogens (tertiary/aromatic N) is 3. The molecule has 0 amide bonds. The van der Waals surface area contributed by atoms with Crippen LogP contribution >= 0.6 is 11.3 Å². The van der Waals surface area contributed by atoms with E-state index in [2.05, 4.69) is 15.3 Å². The lowest BCUT2D eigenvalue weighted by Crippen LogP contribution is -1.94. The third-order valence-electron chi connectivity index (χ3n) is 3.53. The van der Waals surface area contributed by atoms with Crippen LogP contribution in [0, 0.1) is 0 Å². The van der Waals surface area contributed by atoms with Gasteiger partial charge in [-0.05, 0) is 24.3 Å². The minimum Gasteiger partial charge on any atom is -0.495 e. The van der Waals surface area contributed by atoms with Gasteiger partial charge in [0, 0.05) is 11.6 Å². The van der Waals surface area contributed by atoms with Crippen molar-refractivity contribution in [3.05, 3.63) is 60.2 Å². The lowest BCUT2D eigenvalue weighted by atomic mass is 10.3. The predicted octanol–water partition coefficient (Wildman–Crippen LogP) is 4.21. The van der Waals surface area contributed by atoms with E-state index in [0.29, 0.717) is 0 Å². The van der Waals surface area contributed by atoms with Crippen LogP contribution in [0.25, 0.3) is 17.0 Å². The van der Waals surface area contributed by atoms with Crippen LogP contribution in [0.5, 0.6) is 5.75 Å². The molecule has 0 aliphatic carbocycles. The summed E-state index contributed by atoms with van der Waals surface area (Å²) >= 11 is 1.55. The maximum Gasteiger partial charge on any atom is 0.187 e. The van der Waals surface area contributed by atoms with Crippen LogP contribution in [0.4, 0.5) is 10.8 Å². The Kier molecular flexibility index (Phi) is 3.44. The summed E-state index contributed by atoms with van der Waals surface area (Å²) in [4.78, 5) is 9.07. The Bertz CT molecular complexity index is 960. The molecule has 114 valence electrons. The number of anilines is 2. The van der Waals surface area contributed by atoms with Gasteiger partial charge in [-0.15, -0.1) is 11.3 Å². The van der Waals surface area contributed by atoms with Crippen LogP contribution < -0.4 is 10.1 Å². The molecule has 0 unspecified atom stereocenters. The van der Waals surface area contributed by atoms with E-state index in [4.69, 9.17) is 4.74 Å². The van der Waals surface area contributed by atoms with E-state index in [9.17, 15) is 0 Å². The molecule has 0 atom stereocenters. The first-order chi connectivity index (χ1) is 11.3. The number of rotatable bonds is 4. The van der Waals surface area contributed by atoms with Crippen molar-refractivity contribution in [1.29, 1.82) is 0 Å². The number of imidazole rings is 1. The molecule has 0 bridgehead atoms. The second-order valence-corrected chi connectivity index (χ2v) is 5.79. The maximum absolute atomic E-state index is 5.35. The first-order valence-corrected chi connectivity index (χ1v) is 8.01. The number of aromatic nitrogens is 3. The fourth-order valence-corrected chi connectivity index (χ4v) is 3.15. The number of hydrogen-bond acceptors (Lipinski definition) is 5. The molecular formula is C17H14N4OS. The van der Waals surface area contributed by atoms with E-state index in [0.717, 1.165) is 33.6 Å². The van der Waals surface area contributed by atoms with Gasteiger partial charge in [0.15, 0.2) is 5.13 Å². The number of para-hydroxylation sites is 2. The molecule has 4 aromatic rings. The number of methoxy groups -OCH3 is 1. The van der Waals surface area contributed by atoms with E-state index in [1.165, 1.54) is 0 Å². The highest BCUT2D eigenvalue weighted by Gasteiger charge is 2.11. The Balaban J connectivity index is 1.67. The van der Waals surface area contributed by atoms with Crippen molar-refractivity contribution < 1.29 is 4.74 Å². The highest BCUT2D eigenvalue weighted by atomic mass is 32.1. The van der Waals surface area contributed by atoms with E-state index in [-0.39, 0.29) is 0 Å². The first-order valence-electron chi connectivity index (χ1n) is 7.13. The smallest absolute Gasteiger partial charge is 0.187 e. The third-order valence-corrected chi connectivity index (χ3v) is 4.29. The van der Waals surface area contributed by atoms with Gasteiger partial charge in [-0.2, -0.15) is 0 Å². The molecule has 5 nitrogen and oxygen atoms in total. The third kappa shape index (κ3) is 2.53. The standard InChI is InChI=1S/C17H14N4OS/c1-22-15-7-3-2-6-12(15)19-17-20-13(11-23-17)14-10-18-16-8-4-5-9-21(14)16/h2-11H,1H3,(H,19,20). The van der Waals surface area contributed by atoms with Crippen LogP contribution in [0.15, 0.2) is 60.2 Å². The van der Waals surface area contributed by atoms with Crippen molar-refractivity contribution in [1.82, 2.24) is 14.4 Å². The Hall–Kier alpha value is -2.86. The fraction of sp³-hybridized carbons (Fsp3) is 0.0588. The molecule has 0 aliphatic heterocycles. The minimum atomic E-state index is 0.791. The Morgan fingerprint density at radius 1 is 1.13 bits per heavy atom. The Morgan fingerprint density at radius 2 is 2.00 bits per heavy atom. The molecule has 0 saturated heterocycles. The average Bonchev–Trinajstić information content (AvgIpc) is 3.22. The number of pyridine rings is 1. The second kappa shape index (κ2) is 5.73. The number of ether oxygens (including phenoxy) is 1. The Morgan fingerprint density at radius 3 is 2.91 bits per heavy atom. The largest absolute Gasteiger partial charge is 0.495 e. The summed E-state index contributed by atoms with van der Waals surface area (Å²) in [6.45, 7) is 0. The van der Waals surface area contributed by atoms with Crippen LogP contribution in [-0.4, -0.2) is 21.5 Å². The number of hydrogen-bond donors (Lipinski definition) is 1. The van der Waals surface area contributed by atoms with E-state index >= 15 is 0 Å². The van der Waals surface area contributed by atoms with Gasteiger partial charge in [-0.1, -0.05) is 18.2 Å². The van der Waals surface area contributed by atoms with Crippen molar-refractivity contribution in [3.8, 4) is 17.1 Å². The van der Waals surface area contributed by atoms with Crippen molar-refractivity contribution in [3.63, 3.8) is 0 Å². The van der Waals surface area contributed by atoms with Gasteiger partial charge in [0.1, 0.15) is 17.1 Å². The van der Waals surface area contributed by atoms with Crippen molar-refractivity contribution in [2.45, 2.75) is 0 Å². The normalized spacial score (nSPS) is 10.8. The zero-order chi connectivity index (χ0) is 15.6. The zero-order valence-corrected chi connectivity index (χ0v) is 13.2. The van der Waals surface area contributed by atoms with Gasteiger partial charge in [0.2, 0.25) is 0 Å². The molecule has 0 radical (unpaired) electrons.